The number of fused-ring (bicyclic) bond motifs is 1. The number of ketones is 1. The zero-order valence-electron chi connectivity index (χ0n) is 8.79. The molecule has 1 aliphatic rings. The van der Waals surface area contributed by atoms with Gasteiger partial charge in [-0.1, -0.05) is 12.1 Å². The summed E-state index contributed by atoms with van der Waals surface area (Å²) in [6.45, 7) is 1.59. The van der Waals surface area contributed by atoms with Crippen LogP contribution in [-0.4, -0.2) is 5.78 Å². The van der Waals surface area contributed by atoms with E-state index in [9.17, 15) is 4.79 Å². The molecule has 1 unspecified atom stereocenters. The number of Topliss-reactive ketones (excluding diaryl/α,β-unsaturated/α-hetero) is 1. The molecule has 0 heterocycles. The molecule has 0 spiro atoms. The Labute approximate surface area is 89.5 Å². The van der Waals surface area contributed by atoms with Crippen LogP contribution in [0.25, 0.3) is 0 Å². The lowest BCUT2D eigenvalue weighted by molar-refractivity contribution is 0.101. The molecule has 1 atom stereocenters. The molecule has 0 aromatic heterocycles. The number of carbonyl (C=O) groups excluding carboxylic acids is 1. The van der Waals surface area contributed by atoms with Crippen molar-refractivity contribution in [3.05, 3.63) is 34.9 Å². The molecule has 0 saturated carbocycles. The van der Waals surface area contributed by atoms with Gasteiger partial charge in [0.2, 0.25) is 0 Å². The molecule has 0 fully saturated rings. The molecule has 0 radical (unpaired) electrons. The van der Waals surface area contributed by atoms with Crippen LogP contribution in [0.4, 0.5) is 0 Å². The monoisotopic (exact) mass is 199 g/mol. The van der Waals surface area contributed by atoms with Crippen molar-refractivity contribution >= 4 is 5.78 Å². The zero-order valence-corrected chi connectivity index (χ0v) is 8.79. The van der Waals surface area contributed by atoms with Crippen LogP contribution < -0.4 is 0 Å². The van der Waals surface area contributed by atoms with Gasteiger partial charge in [-0.2, -0.15) is 5.26 Å². The van der Waals surface area contributed by atoms with Gasteiger partial charge < -0.3 is 0 Å². The van der Waals surface area contributed by atoms with E-state index in [1.807, 2.05) is 18.2 Å². The molecular formula is C13H13NO. The normalized spacial score (nSPS) is 19.1. The van der Waals surface area contributed by atoms with Crippen molar-refractivity contribution in [3.8, 4) is 6.07 Å². The van der Waals surface area contributed by atoms with Gasteiger partial charge in [0.15, 0.2) is 5.78 Å². The number of nitriles is 1. The fourth-order valence-corrected chi connectivity index (χ4v) is 2.08. The number of hydrogen-bond donors (Lipinski definition) is 0. The topological polar surface area (TPSA) is 40.9 Å². The van der Waals surface area contributed by atoms with Crippen LogP contribution in [0.1, 0.15) is 34.8 Å². The maximum Gasteiger partial charge on any atom is 0.159 e. The van der Waals surface area contributed by atoms with Crippen molar-refractivity contribution in [2.75, 3.05) is 0 Å². The molecular weight excluding hydrogens is 186 g/mol. The largest absolute Gasteiger partial charge is 0.295 e. The molecule has 2 heteroatoms. The Balaban J connectivity index is 2.33. The summed E-state index contributed by atoms with van der Waals surface area (Å²) in [5.41, 5.74) is 3.26. The highest BCUT2D eigenvalue weighted by atomic mass is 16.1. The van der Waals surface area contributed by atoms with Gasteiger partial charge in [0, 0.05) is 5.56 Å². The number of carbonyl (C=O) groups is 1. The first-order chi connectivity index (χ1) is 7.20. The number of hydrogen-bond acceptors (Lipinski definition) is 2. The van der Waals surface area contributed by atoms with Crippen LogP contribution in [0.3, 0.4) is 0 Å². The molecule has 0 N–H and O–H groups in total. The van der Waals surface area contributed by atoms with Gasteiger partial charge in [0.05, 0.1) is 12.0 Å². The standard InChI is InChI=1S/C13H13NO/c1-9(15)11-4-5-12-6-10(8-14)2-3-13(12)7-11/h4-5,7,10H,2-3,6H2,1H3. The first-order valence-electron chi connectivity index (χ1n) is 5.23. The first-order valence-corrected chi connectivity index (χ1v) is 5.23. The van der Waals surface area contributed by atoms with Crippen LogP contribution in [0.15, 0.2) is 18.2 Å². The van der Waals surface area contributed by atoms with Crippen molar-refractivity contribution in [3.63, 3.8) is 0 Å². The number of benzene rings is 1. The second-order valence-corrected chi connectivity index (χ2v) is 4.11. The van der Waals surface area contributed by atoms with Gasteiger partial charge in [0.1, 0.15) is 0 Å². The average molecular weight is 199 g/mol. The molecule has 1 aromatic rings. The molecule has 1 aromatic carbocycles. The van der Waals surface area contributed by atoms with E-state index < -0.39 is 0 Å². The third-order valence-electron chi connectivity index (χ3n) is 3.02. The highest BCUT2D eigenvalue weighted by Crippen LogP contribution is 2.26. The van der Waals surface area contributed by atoms with Gasteiger partial charge in [-0.3, -0.25) is 4.79 Å². The molecule has 2 nitrogen and oxygen atoms in total. The molecule has 0 aliphatic heterocycles. The summed E-state index contributed by atoms with van der Waals surface area (Å²) in [6.07, 6.45) is 2.68. The summed E-state index contributed by atoms with van der Waals surface area (Å²) in [5, 5.41) is 8.86. The first kappa shape index (κ1) is 9.92. The summed E-state index contributed by atoms with van der Waals surface area (Å²) < 4.78 is 0. The zero-order chi connectivity index (χ0) is 10.8. The second kappa shape index (κ2) is 3.86. The maximum absolute atomic E-state index is 11.2. The Morgan fingerprint density at radius 2 is 2.27 bits per heavy atom. The quantitative estimate of drug-likeness (QED) is 0.652. The van der Waals surface area contributed by atoms with Gasteiger partial charge in [-0.15, -0.1) is 0 Å². The second-order valence-electron chi connectivity index (χ2n) is 4.11. The predicted molar refractivity (Wildman–Crippen MR) is 57.6 cm³/mol. The molecule has 2 rings (SSSR count). The van der Waals surface area contributed by atoms with Gasteiger partial charge >= 0.3 is 0 Å². The fraction of sp³-hybridized carbons (Fsp3) is 0.385. The van der Waals surface area contributed by atoms with Crippen molar-refractivity contribution in [1.29, 1.82) is 5.26 Å². The number of rotatable bonds is 1. The summed E-state index contributed by atoms with van der Waals surface area (Å²) in [4.78, 5) is 11.2. The van der Waals surface area contributed by atoms with E-state index in [4.69, 9.17) is 5.26 Å². The summed E-state index contributed by atoms with van der Waals surface area (Å²) in [6, 6.07) is 8.15. The Kier molecular flexibility index (Phi) is 2.55. The van der Waals surface area contributed by atoms with Crippen molar-refractivity contribution in [1.82, 2.24) is 0 Å². The molecule has 0 bridgehead atoms. The number of aryl methyl sites for hydroxylation is 1. The highest BCUT2D eigenvalue weighted by molar-refractivity contribution is 5.94. The van der Waals surface area contributed by atoms with E-state index >= 15 is 0 Å². The lowest BCUT2D eigenvalue weighted by atomic mass is 9.84. The van der Waals surface area contributed by atoms with Crippen LogP contribution in [0.5, 0.6) is 0 Å². The van der Waals surface area contributed by atoms with Crippen LogP contribution in [0.2, 0.25) is 0 Å². The summed E-state index contributed by atoms with van der Waals surface area (Å²) in [7, 11) is 0. The van der Waals surface area contributed by atoms with Crippen molar-refractivity contribution in [2.45, 2.75) is 26.2 Å². The van der Waals surface area contributed by atoms with Gasteiger partial charge in [-0.25, -0.2) is 0 Å². The Hall–Kier alpha value is -1.62. The van der Waals surface area contributed by atoms with Crippen molar-refractivity contribution < 1.29 is 4.79 Å². The minimum Gasteiger partial charge on any atom is -0.295 e. The van der Waals surface area contributed by atoms with E-state index in [0.29, 0.717) is 0 Å². The Morgan fingerprint density at radius 3 is 2.93 bits per heavy atom. The summed E-state index contributed by atoms with van der Waals surface area (Å²) in [5.74, 6) is 0.265. The summed E-state index contributed by atoms with van der Waals surface area (Å²) >= 11 is 0. The molecule has 0 saturated heterocycles. The minimum absolute atomic E-state index is 0.111. The lowest BCUT2D eigenvalue weighted by Crippen LogP contribution is -2.13. The third-order valence-corrected chi connectivity index (χ3v) is 3.02. The lowest BCUT2D eigenvalue weighted by Gasteiger charge is -2.19. The van der Waals surface area contributed by atoms with Crippen LogP contribution in [-0.2, 0) is 12.8 Å². The van der Waals surface area contributed by atoms with Gasteiger partial charge in [-0.05, 0) is 43.4 Å². The Morgan fingerprint density at radius 1 is 1.47 bits per heavy atom. The molecule has 0 amide bonds. The van der Waals surface area contributed by atoms with E-state index in [-0.39, 0.29) is 11.7 Å². The van der Waals surface area contributed by atoms with E-state index in [2.05, 4.69) is 6.07 Å². The maximum atomic E-state index is 11.2. The highest BCUT2D eigenvalue weighted by Gasteiger charge is 2.18. The van der Waals surface area contributed by atoms with E-state index in [0.717, 1.165) is 24.8 Å². The smallest absolute Gasteiger partial charge is 0.159 e. The molecule has 1 aliphatic carbocycles. The van der Waals surface area contributed by atoms with Crippen LogP contribution in [0, 0.1) is 17.2 Å². The third kappa shape index (κ3) is 1.92. The Bertz CT molecular complexity index is 442. The van der Waals surface area contributed by atoms with Gasteiger partial charge in [0.25, 0.3) is 0 Å². The minimum atomic E-state index is 0.111. The molecule has 76 valence electrons. The SMILES string of the molecule is CC(=O)c1ccc2c(c1)CCC(C#N)C2. The van der Waals surface area contributed by atoms with E-state index in [1.54, 1.807) is 6.92 Å². The molecule has 15 heavy (non-hydrogen) atoms. The predicted octanol–water partition coefficient (Wildman–Crippen LogP) is 2.52. The fourth-order valence-electron chi connectivity index (χ4n) is 2.08. The average Bonchev–Trinajstić information content (AvgIpc) is 2.27. The number of nitrogens with zero attached hydrogens (tertiary/aromatic N) is 1. The van der Waals surface area contributed by atoms with Crippen LogP contribution >= 0.6 is 0 Å². The van der Waals surface area contributed by atoms with Crippen molar-refractivity contribution in [2.24, 2.45) is 5.92 Å². The van der Waals surface area contributed by atoms with E-state index in [1.165, 1.54) is 11.1 Å².